The lowest BCUT2D eigenvalue weighted by molar-refractivity contribution is 0.0841. The smallest absolute Gasteiger partial charge is 0.412 e. The summed E-state index contributed by atoms with van der Waals surface area (Å²) in [5.41, 5.74) is 2.32. The lowest BCUT2D eigenvalue weighted by Crippen LogP contribution is -2.30. The summed E-state index contributed by atoms with van der Waals surface area (Å²) in [5.74, 6) is 0. The zero-order valence-corrected chi connectivity index (χ0v) is 13.4. The van der Waals surface area contributed by atoms with Crippen LogP contribution in [-0.4, -0.2) is 19.8 Å². The molecular weight excluding hydrogens is 254 g/mol. The number of para-hydroxylation sites is 1. The van der Waals surface area contributed by atoms with Gasteiger partial charge in [-0.25, -0.2) is 4.79 Å². The fourth-order valence-electron chi connectivity index (χ4n) is 1.39. The number of ether oxygens (including phenoxy) is 1. The summed E-state index contributed by atoms with van der Waals surface area (Å²) in [4.78, 5) is 11.8. The summed E-state index contributed by atoms with van der Waals surface area (Å²) in [7, 11) is -1.28. The largest absolute Gasteiger partial charge is 0.439 e. The van der Waals surface area contributed by atoms with Crippen LogP contribution in [0, 0.1) is 0 Å². The van der Waals surface area contributed by atoms with Crippen molar-refractivity contribution < 1.29 is 9.53 Å². The van der Waals surface area contributed by atoms with E-state index in [-0.39, 0.29) is 0 Å². The molecule has 0 atom stereocenters. The maximum absolute atomic E-state index is 11.8. The van der Waals surface area contributed by atoms with Gasteiger partial charge in [-0.05, 0) is 32.1 Å². The number of hydrogen-bond donors (Lipinski definition) is 1. The van der Waals surface area contributed by atoms with Crippen molar-refractivity contribution in [1.82, 2.24) is 0 Å². The highest BCUT2D eigenvalue weighted by molar-refractivity contribution is 6.80. The topological polar surface area (TPSA) is 38.3 Å². The molecule has 0 bridgehead atoms. The Hall–Kier alpha value is -1.55. The Morgan fingerprint density at radius 3 is 2.32 bits per heavy atom. The van der Waals surface area contributed by atoms with Crippen molar-refractivity contribution in [1.29, 1.82) is 0 Å². The highest BCUT2D eigenvalue weighted by Gasteiger charge is 2.21. The second-order valence-electron chi connectivity index (χ2n) is 6.18. The van der Waals surface area contributed by atoms with Crippen LogP contribution in [0.25, 0.3) is 0 Å². The fourth-order valence-corrected chi connectivity index (χ4v) is 2.29. The molecule has 0 unspecified atom stereocenters. The monoisotopic (exact) mass is 277 g/mol. The summed E-state index contributed by atoms with van der Waals surface area (Å²) in [6.45, 7) is 10.5. The van der Waals surface area contributed by atoms with Gasteiger partial charge in [-0.15, -0.1) is 0 Å². The minimum absolute atomic E-state index is 0.434. The van der Waals surface area contributed by atoms with E-state index < -0.39 is 19.8 Å². The molecule has 0 saturated carbocycles. The van der Waals surface area contributed by atoms with E-state index >= 15 is 0 Å². The highest BCUT2D eigenvalue weighted by atomic mass is 28.3. The predicted molar refractivity (Wildman–Crippen MR) is 83.1 cm³/mol. The van der Waals surface area contributed by atoms with Gasteiger partial charge in [-0.2, -0.15) is 0 Å². The van der Waals surface area contributed by atoms with Crippen molar-refractivity contribution in [3.05, 3.63) is 42.1 Å². The van der Waals surface area contributed by atoms with Gasteiger partial charge < -0.3 is 4.74 Å². The normalized spacial score (nSPS) is 12.5. The van der Waals surface area contributed by atoms with E-state index in [1.165, 1.54) is 0 Å². The molecule has 1 aromatic carbocycles. The van der Waals surface area contributed by atoms with Crippen molar-refractivity contribution in [2.24, 2.45) is 0 Å². The predicted octanol–water partition coefficient (Wildman–Crippen LogP) is 4.45. The van der Waals surface area contributed by atoms with Gasteiger partial charge in [0.1, 0.15) is 5.60 Å². The molecule has 0 spiro atoms. The number of benzene rings is 1. The van der Waals surface area contributed by atoms with Crippen molar-refractivity contribution in [3.8, 4) is 0 Å². The molecule has 0 fully saturated rings. The van der Waals surface area contributed by atoms with Crippen LogP contribution in [0.4, 0.5) is 10.5 Å². The standard InChI is InChI=1S/C15H23NO2Si/c1-15(2,11-12-19(3,4)5)18-14(17)16-13-9-7-6-8-10-13/h6-12H,1-5H3,(H,16,17)/b12-11-. The molecule has 1 rings (SSSR count). The molecule has 0 aliphatic heterocycles. The van der Waals surface area contributed by atoms with E-state index in [4.69, 9.17) is 4.74 Å². The fraction of sp³-hybridized carbons (Fsp3) is 0.400. The molecule has 1 aromatic rings. The minimum Gasteiger partial charge on any atom is -0.439 e. The Labute approximate surface area is 116 Å². The summed E-state index contributed by atoms with van der Waals surface area (Å²) < 4.78 is 5.42. The van der Waals surface area contributed by atoms with Gasteiger partial charge in [0.15, 0.2) is 0 Å². The Bertz CT molecular complexity index is 447. The van der Waals surface area contributed by atoms with E-state index in [1.807, 2.05) is 50.3 Å². The van der Waals surface area contributed by atoms with E-state index in [9.17, 15) is 4.79 Å². The van der Waals surface area contributed by atoms with Crippen molar-refractivity contribution >= 4 is 19.9 Å². The molecule has 0 radical (unpaired) electrons. The number of carbonyl (C=O) groups excluding carboxylic acids is 1. The van der Waals surface area contributed by atoms with Gasteiger partial charge in [-0.1, -0.05) is 43.5 Å². The van der Waals surface area contributed by atoms with E-state index in [0.717, 1.165) is 5.69 Å². The molecule has 0 saturated heterocycles. The van der Waals surface area contributed by atoms with Crippen LogP contribution in [0.2, 0.25) is 19.6 Å². The molecule has 19 heavy (non-hydrogen) atoms. The lowest BCUT2D eigenvalue weighted by Gasteiger charge is -2.23. The molecule has 104 valence electrons. The Morgan fingerprint density at radius 1 is 1.21 bits per heavy atom. The van der Waals surface area contributed by atoms with Crippen molar-refractivity contribution in [2.45, 2.75) is 39.1 Å². The third-order valence-corrected chi connectivity index (χ3v) is 3.53. The Balaban J connectivity index is 2.58. The summed E-state index contributed by atoms with van der Waals surface area (Å²) in [6.07, 6.45) is 1.54. The first-order valence-electron chi connectivity index (χ1n) is 6.43. The molecule has 0 aromatic heterocycles. The molecule has 0 aliphatic rings. The quantitative estimate of drug-likeness (QED) is 0.826. The molecule has 0 aliphatic carbocycles. The zero-order chi connectivity index (χ0) is 14.5. The number of nitrogens with one attached hydrogen (secondary N) is 1. The number of carbonyl (C=O) groups is 1. The lowest BCUT2D eigenvalue weighted by atomic mass is 10.1. The first-order chi connectivity index (χ1) is 8.68. The van der Waals surface area contributed by atoms with Gasteiger partial charge in [0.2, 0.25) is 0 Å². The number of rotatable bonds is 4. The average molecular weight is 277 g/mol. The second kappa shape index (κ2) is 6.06. The first kappa shape index (κ1) is 15.5. The highest BCUT2D eigenvalue weighted by Crippen LogP contribution is 2.16. The van der Waals surface area contributed by atoms with Crippen LogP contribution in [0.3, 0.4) is 0 Å². The number of anilines is 1. The summed E-state index contributed by atoms with van der Waals surface area (Å²) in [5, 5.41) is 2.71. The first-order valence-corrected chi connectivity index (χ1v) is 10.0. The Morgan fingerprint density at radius 2 is 1.79 bits per heavy atom. The maximum Gasteiger partial charge on any atom is 0.412 e. The van der Waals surface area contributed by atoms with Gasteiger partial charge in [-0.3, -0.25) is 5.32 Å². The number of hydrogen-bond acceptors (Lipinski definition) is 2. The third-order valence-electron chi connectivity index (χ3n) is 2.36. The second-order valence-corrected chi connectivity index (χ2v) is 11.2. The van der Waals surface area contributed by atoms with Gasteiger partial charge in [0.25, 0.3) is 0 Å². The zero-order valence-electron chi connectivity index (χ0n) is 12.4. The molecule has 4 heteroatoms. The molecule has 1 amide bonds. The van der Waals surface area contributed by atoms with Crippen molar-refractivity contribution in [2.75, 3.05) is 5.32 Å². The summed E-state index contributed by atoms with van der Waals surface area (Å²) in [6, 6.07) is 9.28. The molecular formula is C15H23NO2Si. The average Bonchev–Trinajstić information content (AvgIpc) is 2.26. The van der Waals surface area contributed by atoms with E-state index in [0.29, 0.717) is 0 Å². The van der Waals surface area contributed by atoms with Crippen LogP contribution in [-0.2, 0) is 4.74 Å². The van der Waals surface area contributed by atoms with Gasteiger partial charge >= 0.3 is 6.09 Å². The SMILES string of the molecule is CC(C)(/C=C\[Si](C)(C)C)OC(=O)Nc1ccccc1. The maximum atomic E-state index is 11.8. The van der Waals surface area contributed by atoms with E-state index in [2.05, 4.69) is 30.7 Å². The van der Waals surface area contributed by atoms with Crippen LogP contribution < -0.4 is 5.32 Å². The third kappa shape index (κ3) is 6.81. The number of amides is 1. The minimum atomic E-state index is -1.28. The van der Waals surface area contributed by atoms with Crippen LogP contribution in [0.1, 0.15) is 13.8 Å². The Kier molecular flexibility index (Phi) is 4.95. The molecule has 0 heterocycles. The van der Waals surface area contributed by atoms with Crippen LogP contribution in [0.15, 0.2) is 42.1 Å². The van der Waals surface area contributed by atoms with Gasteiger partial charge in [0.05, 0.1) is 8.07 Å². The van der Waals surface area contributed by atoms with Crippen molar-refractivity contribution in [3.63, 3.8) is 0 Å². The van der Waals surface area contributed by atoms with Gasteiger partial charge in [0, 0.05) is 5.69 Å². The van der Waals surface area contributed by atoms with Crippen LogP contribution >= 0.6 is 0 Å². The molecule has 3 nitrogen and oxygen atoms in total. The van der Waals surface area contributed by atoms with E-state index in [1.54, 1.807) is 0 Å². The summed E-state index contributed by atoms with van der Waals surface area (Å²) >= 11 is 0. The molecule has 1 N–H and O–H groups in total. The van der Waals surface area contributed by atoms with Crippen LogP contribution in [0.5, 0.6) is 0 Å².